The van der Waals surface area contributed by atoms with Crippen LogP contribution in [-0.4, -0.2) is 31.0 Å². The van der Waals surface area contributed by atoms with Crippen molar-refractivity contribution in [2.45, 2.75) is 18.4 Å². The number of rotatable bonds is 4. The van der Waals surface area contributed by atoms with Gasteiger partial charge in [-0.3, -0.25) is 4.79 Å². The summed E-state index contributed by atoms with van der Waals surface area (Å²) in [6.07, 6.45) is 2.64. The van der Waals surface area contributed by atoms with Gasteiger partial charge in [-0.1, -0.05) is 30.3 Å². The second kappa shape index (κ2) is 5.56. The minimum absolute atomic E-state index is 0.0452. The quantitative estimate of drug-likeness (QED) is 0.936. The summed E-state index contributed by atoms with van der Waals surface area (Å²) in [7, 11) is 3.85. The molecule has 1 N–H and O–H groups in total. The van der Waals surface area contributed by atoms with Crippen molar-refractivity contribution in [2.75, 3.05) is 19.0 Å². The van der Waals surface area contributed by atoms with Crippen molar-refractivity contribution in [3.05, 3.63) is 59.8 Å². The van der Waals surface area contributed by atoms with Crippen molar-refractivity contribution in [2.24, 2.45) is 0 Å². The van der Waals surface area contributed by atoms with Crippen LogP contribution in [0.3, 0.4) is 0 Å². The topological polar surface area (TPSA) is 45.2 Å². The molecule has 0 bridgehead atoms. The largest absolute Gasteiger partial charge is 0.363 e. The van der Waals surface area contributed by atoms with Gasteiger partial charge in [0.1, 0.15) is 5.82 Å². The zero-order chi connectivity index (χ0) is 14.8. The summed E-state index contributed by atoms with van der Waals surface area (Å²) < 4.78 is 0. The number of amides is 1. The Hall–Kier alpha value is -2.36. The standard InChI is InChI=1S/C17H19N3O/c1-20(2)16-9-8-13(11-18-16)17(21)19-15-10-14(15)12-6-4-3-5-7-12/h3-9,11,14-15H,10H2,1-2H3,(H,19,21). The highest BCUT2D eigenvalue weighted by molar-refractivity contribution is 5.94. The molecule has 1 aliphatic carbocycles. The van der Waals surface area contributed by atoms with Crippen molar-refractivity contribution in [1.82, 2.24) is 10.3 Å². The van der Waals surface area contributed by atoms with E-state index in [0.717, 1.165) is 12.2 Å². The van der Waals surface area contributed by atoms with Crippen molar-refractivity contribution >= 4 is 11.7 Å². The summed E-state index contributed by atoms with van der Waals surface area (Å²) in [5.74, 6) is 1.25. The predicted molar refractivity (Wildman–Crippen MR) is 83.6 cm³/mol. The third-order valence-electron chi connectivity index (χ3n) is 3.80. The minimum Gasteiger partial charge on any atom is -0.363 e. The fourth-order valence-electron chi connectivity index (χ4n) is 2.46. The second-order valence-corrected chi connectivity index (χ2v) is 5.63. The molecule has 1 heterocycles. The summed E-state index contributed by atoms with van der Waals surface area (Å²) in [6.45, 7) is 0. The van der Waals surface area contributed by atoms with Gasteiger partial charge >= 0.3 is 0 Å². The number of benzene rings is 1. The lowest BCUT2D eigenvalue weighted by molar-refractivity contribution is 0.0950. The number of aromatic nitrogens is 1. The highest BCUT2D eigenvalue weighted by atomic mass is 16.1. The highest BCUT2D eigenvalue weighted by Gasteiger charge is 2.39. The van der Waals surface area contributed by atoms with Crippen LogP contribution in [0.25, 0.3) is 0 Å². The number of carbonyl (C=O) groups excluding carboxylic acids is 1. The van der Waals surface area contributed by atoms with Gasteiger partial charge in [0.15, 0.2) is 0 Å². The Morgan fingerprint density at radius 2 is 1.95 bits per heavy atom. The van der Waals surface area contributed by atoms with Crippen LogP contribution in [0, 0.1) is 0 Å². The first-order chi connectivity index (χ1) is 10.1. The molecule has 1 aromatic carbocycles. The van der Waals surface area contributed by atoms with Crippen LogP contribution in [0.4, 0.5) is 5.82 Å². The summed E-state index contributed by atoms with van der Waals surface area (Å²) in [5.41, 5.74) is 1.91. The first-order valence-corrected chi connectivity index (χ1v) is 7.14. The second-order valence-electron chi connectivity index (χ2n) is 5.63. The van der Waals surface area contributed by atoms with E-state index < -0.39 is 0 Å². The van der Waals surface area contributed by atoms with E-state index in [9.17, 15) is 4.79 Å². The van der Waals surface area contributed by atoms with E-state index in [1.165, 1.54) is 5.56 Å². The molecule has 0 saturated heterocycles. The predicted octanol–water partition coefficient (Wildman–Crippen LogP) is 2.43. The Bertz CT molecular complexity index is 622. The zero-order valence-electron chi connectivity index (χ0n) is 12.3. The monoisotopic (exact) mass is 281 g/mol. The molecule has 0 aliphatic heterocycles. The van der Waals surface area contributed by atoms with E-state index >= 15 is 0 Å². The van der Waals surface area contributed by atoms with E-state index in [2.05, 4.69) is 22.4 Å². The molecular formula is C17H19N3O. The average molecular weight is 281 g/mol. The van der Waals surface area contributed by atoms with Crippen LogP contribution in [0.2, 0.25) is 0 Å². The van der Waals surface area contributed by atoms with Gasteiger partial charge in [-0.15, -0.1) is 0 Å². The number of hydrogen-bond donors (Lipinski definition) is 1. The maximum Gasteiger partial charge on any atom is 0.253 e. The lowest BCUT2D eigenvalue weighted by Crippen LogP contribution is -2.26. The smallest absolute Gasteiger partial charge is 0.253 e. The van der Waals surface area contributed by atoms with E-state index in [1.807, 2.05) is 49.3 Å². The molecule has 3 rings (SSSR count). The number of nitrogens with zero attached hydrogens (tertiary/aromatic N) is 2. The summed E-state index contributed by atoms with van der Waals surface area (Å²) in [5, 5.41) is 3.07. The maximum absolute atomic E-state index is 12.2. The Kier molecular flexibility index (Phi) is 3.60. The fraction of sp³-hybridized carbons (Fsp3) is 0.294. The molecule has 21 heavy (non-hydrogen) atoms. The van der Waals surface area contributed by atoms with Crippen molar-refractivity contribution in [3.63, 3.8) is 0 Å². The zero-order valence-corrected chi connectivity index (χ0v) is 12.3. The molecule has 1 aliphatic rings. The highest BCUT2D eigenvalue weighted by Crippen LogP contribution is 2.40. The van der Waals surface area contributed by atoms with E-state index in [-0.39, 0.29) is 11.9 Å². The Morgan fingerprint density at radius 3 is 2.57 bits per heavy atom. The van der Waals surface area contributed by atoms with Crippen LogP contribution >= 0.6 is 0 Å². The van der Waals surface area contributed by atoms with Crippen molar-refractivity contribution < 1.29 is 4.79 Å². The van der Waals surface area contributed by atoms with Crippen LogP contribution < -0.4 is 10.2 Å². The third-order valence-corrected chi connectivity index (χ3v) is 3.80. The molecule has 1 amide bonds. The number of hydrogen-bond acceptors (Lipinski definition) is 3. The van der Waals surface area contributed by atoms with Gasteiger partial charge in [-0.2, -0.15) is 0 Å². The molecule has 2 unspecified atom stereocenters. The van der Waals surface area contributed by atoms with Gasteiger partial charge < -0.3 is 10.2 Å². The van der Waals surface area contributed by atoms with Gasteiger partial charge in [-0.25, -0.2) is 4.98 Å². The molecule has 1 fully saturated rings. The molecule has 4 nitrogen and oxygen atoms in total. The van der Waals surface area contributed by atoms with E-state index in [1.54, 1.807) is 6.20 Å². The fourth-order valence-corrected chi connectivity index (χ4v) is 2.46. The Balaban J connectivity index is 1.60. The van der Waals surface area contributed by atoms with Crippen LogP contribution in [0.15, 0.2) is 48.7 Å². The molecule has 1 saturated carbocycles. The first-order valence-electron chi connectivity index (χ1n) is 7.14. The maximum atomic E-state index is 12.2. The number of pyridine rings is 1. The normalized spacial score (nSPS) is 19.9. The molecule has 0 radical (unpaired) electrons. The number of anilines is 1. The van der Waals surface area contributed by atoms with Gasteiger partial charge in [0, 0.05) is 32.3 Å². The minimum atomic E-state index is -0.0452. The number of carbonyl (C=O) groups is 1. The molecule has 2 aromatic rings. The van der Waals surface area contributed by atoms with Gasteiger partial charge in [0.25, 0.3) is 5.91 Å². The van der Waals surface area contributed by atoms with E-state index in [0.29, 0.717) is 11.5 Å². The van der Waals surface area contributed by atoms with Crippen LogP contribution in [0.1, 0.15) is 28.3 Å². The van der Waals surface area contributed by atoms with Gasteiger partial charge in [0.05, 0.1) is 5.56 Å². The lowest BCUT2D eigenvalue weighted by Gasteiger charge is -2.11. The summed E-state index contributed by atoms with van der Waals surface area (Å²) in [4.78, 5) is 18.4. The summed E-state index contributed by atoms with van der Waals surface area (Å²) in [6, 6.07) is 14.2. The molecule has 108 valence electrons. The Labute approximate surface area is 124 Å². The molecule has 2 atom stereocenters. The molecular weight excluding hydrogens is 262 g/mol. The van der Waals surface area contributed by atoms with Crippen LogP contribution in [0.5, 0.6) is 0 Å². The lowest BCUT2D eigenvalue weighted by atomic mass is 10.1. The average Bonchev–Trinajstić information content (AvgIpc) is 3.27. The van der Waals surface area contributed by atoms with Crippen molar-refractivity contribution in [3.8, 4) is 0 Å². The SMILES string of the molecule is CN(C)c1ccc(C(=O)NC2CC2c2ccccc2)cn1. The van der Waals surface area contributed by atoms with Crippen molar-refractivity contribution in [1.29, 1.82) is 0 Å². The number of nitrogens with one attached hydrogen (secondary N) is 1. The molecule has 0 spiro atoms. The first kappa shape index (κ1) is 13.6. The van der Waals surface area contributed by atoms with Gasteiger partial charge in [0.2, 0.25) is 0 Å². The summed E-state index contributed by atoms with van der Waals surface area (Å²) >= 11 is 0. The Morgan fingerprint density at radius 1 is 1.19 bits per heavy atom. The van der Waals surface area contributed by atoms with Crippen LogP contribution in [-0.2, 0) is 0 Å². The third kappa shape index (κ3) is 3.05. The molecule has 1 aromatic heterocycles. The van der Waals surface area contributed by atoms with E-state index in [4.69, 9.17) is 0 Å². The van der Waals surface area contributed by atoms with Gasteiger partial charge in [-0.05, 0) is 24.1 Å². The molecule has 4 heteroatoms.